The molecule has 1 heteroatoms. The van der Waals surface area contributed by atoms with Crippen LogP contribution in [-0.4, -0.2) is 5.78 Å². The van der Waals surface area contributed by atoms with Gasteiger partial charge in [0.1, 0.15) is 0 Å². The summed E-state index contributed by atoms with van der Waals surface area (Å²) in [5, 5.41) is 0. The minimum Gasteiger partial charge on any atom is -0.289 e. The number of benzene rings is 2. The van der Waals surface area contributed by atoms with Crippen molar-refractivity contribution < 1.29 is 4.79 Å². The van der Waals surface area contributed by atoms with Gasteiger partial charge in [-0.15, -0.1) is 0 Å². The zero-order valence-corrected chi connectivity index (χ0v) is 12.2. The third kappa shape index (κ3) is 2.23. The quantitative estimate of drug-likeness (QED) is 0.685. The van der Waals surface area contributed by atoms with Crippen LogP contribution < -0.4 is 0 Å². The van der Waals surface area contributed by atoms with Crippen molar-refractivity contribution in [1.29, 1.82) is 0 Å². The van der Waals surface area contributed by atoms with Crippen LogP contribution in [0, 0.1) is 12.8 Å². The molecular weight excluding hydrogens is 256 g/mol. The van der Waals surface area contributed by atoms with Gasteiger partial charge in [-0.05, 0) is 48.8 Å². The molecule has 1 fully saturated rings. The Hall–Kier alpha value is -2.15. The Morgan fingerprint density at radius 2 is 1.81 bits per heavy atom. The van der Waals surface area contributed by atoms with E-state index >= 15 is 0 Å². The second-order valence-corrected chi connectivity index (χ2v) is 6.30. The van der Waals surface area contributed by atoms with Crippen LogP contribution in [0.5, 0.6) is 0 Å². The molecule has 1 nitrogen and oxygen atoms in total. The van der Waals surface area contributed by atoms with Crippen LogP contribution in [0.3, 0.4) is 0 Å². The number of rotatable bonds is 1. The number of allylic oxidation sites excluding steroid dienone is 1. The first-order valence-corrected chi connectivity index (χ1v) is 7.63. The largest absolute Gasteiger partial charge is 0.289 e. The molecule has 21 heavy (non-hydrogen) atoms. The van der Waals surface area contributed by atoms with Gasteiger partial charge in [-0.3, -0.25) is 4.79 Å². The standard InChI is InChI=1S/C20H18O/c1-13-6-8-14(9-7-13)10-16-11-15-12-19(15)17-4-2-3-5-18(17)20(16)21/h2-10,15,19H,11-12H2,1H3/b16-10+. The van der Waals surface area contributed by atoms with E-state index in [0.717, 1.165) is 23.1 Å². The highest BCUT2D eigenvalue weighted by Gasteiger charge is 2.43. The summed E-state index contributed by atoms with van der Waals surface area (Å²) in [7, 11) is 0. The van der Waals surface area contributed by atoms with E-state index in [1.54, 1.807) is 0 Å². The number of aryl methyl sites for hydroxylation is 1. The van der Waals surface area contributed by atoms with Gasteiger partial charge < -0.3 is 0 Å². The SMILES string of the molecule is Cc1ccc(/C=C2\CC3CC3c3ccccc3C2=O)cc1. The average Bonchev–Trinajstić information content (AvgIpc) is 3.27. The van der Waals surface area contributed by atoms with E-state index in [4.69, 9.17) is 0 Å². The highest BCUT2D eigenvalue weighted by Crippen LogP contribution is 2.54. The summed E-state index contributed by atoms with van der Waals surface area (Å²) >= 11 is 0. The van der Waals surface area contributed by atoms with E-state index in [2.05, 4.69) is 49.4 Å². The number of Topliss-reactive ketones (excluding diaryl/α,β-unsaturated/α-hetero) is 1. The molecule has 0 amide bonds. The second-order valence-electron chi connectivity index (χ2n) is 6.30. The Labute approximate surface area is 125 Å². The zero-order valence-electron chi connectivity index (χ0n) is 12.2. The summed E-state index contributed by atoms with van der Waals surface area (Å²) in [6, 6.07) is 16.5. The first-order chi connectivity index (χ1) is 10.2. The predicted octanol–water partition coefficient (Wildman–Crippen LogP) is 4.77. The fourth-order valence-electron chi connectivity index (χ4n) is 3.42. The molecule has 0 spiro atoms. The molecule has 104 valence electrons. The number of ketones is 1. The number of fused-ring (bicyclic) bond motifs is 3. The fourth-order valence-corrected chi connectivity index (χ4v) is 3.42. The van der Waals surface area contributed by atoms with E-state index in [0.29, 0.717) is 11.8 Å². The van der Waals surface area contributed by atoms with Crippen molar-refractivity contribution >= 4 is 11.9 Å². The Kier molecular flexibility index (Phi) is 2.81. The molecule has 2 aliphatic rings. The maximum Gasteiger partial charge on any atom is 0.189 e. The molecule has 2 unspecified atom stereocenters. The van der Waals surface area contributed by atoms with Gasteiger partial charge in [-0.25, -0.2) is 0 Å². The maximum atomic E-state index is 12.8. The Bertz CT molecular complexity index is 737. The van der Waals surface area contributed by atoms with E-state index in [1.807, 2.05) is 12.1 Å². The number of hydrogen-bond donors (Lipinski definition) is 0. The van der Waals surface area contributed by atoms with Gasteiger partial charge in [0.05, 0.1) is 0 Å². The number of carbonyl (C=O) groups is 1. The van der Waals surface area contributed by atoms with Crippen LogP contribution in [0.1, 0.15) is 45.8 Å². The van der Waals surface area contributed by atoms with Crippen molar-refractivity contribution in [1.82, 2.24) is 0 Å². The van der Waals surface area contributed by atoms with Gasteiger partial charge in [-0.1, -0.05) is 54.1 Å². The van der Waals surface area contributed by atoms with Crippen LogP contribution in [-0.2, 0) is 0 Å². The van der Waals surface area contributed by atoms with E-state index in [1.165, 1.54) is 17.5 Å². The van der Waals surface area contributed by atoms with Crippen molar-refractivity contribution in [3.8, 4) is 0 Å². The average molecular weight is 274 g/mol. The van der Waals surface area contributed by atoms with Crippen LogP contribution in [0.15, 0.2) is 54.1 Å². The van der Waals surface area contributed by atoms with Gasteiger partial charge in [0.25, 0.3) is 0 Å². The maximum absolute atomic E-state index is 12.8. The smallest absolute Gasteiger partial charge is 0.189 e. The molecule has 4 rings (SSSR count). The Balaban J connectivity index is 1.77. The van der Waals surface area contributed by atoms with Gasteiger partial charge in [0.15, 0.2) is 5.78 Å². The van der Waals surface area contributed by atoms with Crippen LogP contribution in [0.25, 0.3) is 6.08 Å². The lowest BCUT2D eigenvalue weighted by Crippen LogP contribution is -2.04. The highest BCUT2D eigenvalue weighted by atomic mass is 16.1. The third-order valence-corrected chi connectivity index (χ3v) is 4.72. The second kappa shape index (κ2) is 4.70. The van der Waals surface area contributed by atoms with Crippen molar-refractivity contribution in [2.45, 2.75) is 25.7 Å². The summed E-state index contributed by atoms with van der Waals surface area (Å²) in [5.41, 5.74) is 5.52. The molecule has 2 aliphatic carbocycles. The molecule has 2 atom stereocenters. The van der Waals surface area contributed by atoms with Crippen molar-refractivity contribution in [2.24, 2.45) is 5.92 Å². The molecule has 0 heterocycles. The predicted molar refractivity (Wildman–Crippen MR) is 85.4 cm³/mol. The molecule has 0 bridgehead atoms. The van der Waals surface area contributed by atoms with Crippen molar-refractivity contribution in [3.05, 3.63) is 76.4 Å². The van der Waals surface area contributed by atoms with Gasteiger partial charge in [0.2, 0.25) is 0 Å². The molecule has 0 aromatic heterocycles. The van der Waals surface area contributed by atoms with Crippen LogP contribution >= 0.6 is 0 Å². The molecule has 1 saturated carbocycles. The Morgan fingerprint density at radius 1 is 1.05 bits per heavy atom. The summed E-state index contributed by atoms with van der Waals surface area (Å²) in [4.78, 5) is 12.8. The first-order valence-electron chi connectivity index (χ1n) is 7.63. The number of carbonyl (C=O) groups excluding carboxylic acids is 1. The van der Waals surface area contributed by atoms with Gasteiger partial charge in [-0.2, -0.15) is 0 Å². The summed E-state index contributed by atoms with van der Waals surface area (Å²) in [5.74, 6) is 1.49. The molecule has 0 saturated heterocycles. The zero-order chi connectivity index (χ0) is 14.4. The van der Waals surface area contributed by atoms with Gasteiger partial charge in [0, 0.05) is 11.1 Å². The first kappa shape index (κ1) is 12.6. The van der Waals surface area contributed by atoms with E-state index < -0.39 is 0 Å². The molecule has 2 aromatic carbocycles. The van der Waals surface area contributed by atoms with Crippen molar-refractivity contribution in [2.75, 3.05) is 0 Å². The third-order valence-electron chi connectivity index (χ3n) is 4.72. The monoisotopic (exact) mass is 274 g/mol. The lowest BCUT2D eigenvalue weighted by Gasteiger charge is -2.07. The lowest BCUT2D eigenvalue weighted by atomic mass is 9.96. The lowest BCUT2D eigenvalue weighted by molar-refractivity contribution is 0.103. The van der Waals surface area contributed by atoms with E-state index in [9.17, 15) is 4.79 Å². The minimum absolute atomic E-state index is 0.221. The minimum atomic E-state index is 0.221. The highest BCUT2D eigenvalue weighted by molar-refractivity contribution is 6.12. The summed E-state index contributed by atoms with van der Waals surface area (Å²) in [6.45, 7) is 2.08. The summed E-state index contributed by atoms with van der Waals surface area (Å²) < 4.78 is 0. The molecule has 0 radical (unpaired) electrons. The topological polar surface area (TPSA) is 17.1 Å². The molecule has 0 aliphatic heterocycles. The van der Waals surface area contributed by atoms with Crippen LogP contribution in [0.4, 0.5) is 0 Å². The molecule has 2 aromatic rings. The fraction of sp³-hybridized carbons (Fsp3) is 0.250. The van der Waals surface area contributed by atoms with Gasteiger partial charge >= 0.3 is 0 Å². The molecule has 0 N–H and O–H groups in total. The molecular formula is C20H18O. The van der Waals surface area contributed by atoms with Crippen molar-refractivity contribution in [3.63, 3.8) is 0 Å². The normalized spacial score (nSPS) is 25.2. The Morgan fingerprint density at radius 3 is 2.62 bits per heavy atom. The summed E-state index contributed by atoms with van der Waals surface area (Å²) in [6.07, 6.45) is 4.24. The number of hydrogen-bond acceptors (Lipinski definition) is 1. The van der Waals surface area contributed by atoms with E-state index in [-0.39, 0.29) is 5.78 Å². The van der Waals surface area contributed by atoms with Crippen LogP contribution in [0.2, 0.25) is 0 Å².